The zero-order valence-corrected chi connectivity index (χ0v) is 16.0. The molecule has 0 spiro atoms. The van der Waals surface area contributed by atoms with E-state index >= 15 is 0 Å². The number of aromatic nitrogens is 2. The molecule has 0 saturated carbocycles. The smallest absolute Gasteiger partial charge is 0.333 e. The van der Waals surface area contributed by atoms with Crippen LogP contribution in [0, 0.1) is 11.6 Å². The Morgan fingerprint density at radius 1 is 1.25 bits per heavy atom. The molecular weight excluding hydrogens is 451 g/mol. The molecule has 1 unspecified atom stereocenters. The average molecular weight is 467 g/mol. The maximum absolute atomic E-state index is 13.9. The summed E-state index contributed by atoms with van der Waals surface area (Å²) in [6.45, 7) is 0.336. The van der Waals surface area contributed by atoms with Gasteiger partial charge in [-0.15, -0.1) is 0 Å². The topological polar surface area (TPSA) is 64.2 Å². The fourth-order valence-electron chi connectivity index (χ4n) is 3.03. The number of nitrogens with zero attached hydrogens (tertiary/aromatic N) is 3. The molecule has 152 valence electrons. The lowest BCUT2D eigenvalue weighted by Gasteiger charge is -2.28. The van der Waals surface area contributed by atoms with Gasteiger partial charge in [0.15, 0.2) is 5.69 Å². The summed E-state index contributed by atoms with van der Waals surface area (Å²) >= 11 is 2.88. The number of benzene rings is 1. The Morgan fingerprint density at radius 2 is 1.96 bits per heavy atom. The molecule has 0 radical (unpaired) electrons. The normalized spacial score (nSPS) is 15.5. The molecule has 3 rings (SSSR count). The standard InChI is InChI=1S/C17H16BrF5N4O/c18-11-6-12(19)9(4-13(11)20)3-10(24)5-16(28)27-2-1-26-7-14(17(21,22)23)25-15(26)8-27/h4,6-7,10H,1-3,5,8,24H2. The van der Waals surface area contributed by atoms with Crippen LogP contribution in [0.25, 0.3) is 0 Å². The average Bonchev–Trinajstić information content (AvgIpc) is 3.03. The highest BCUT2D eigenvalue weighted by Gasteiger charge is 2.36. The fraction of sp³-hybridized carbons (Fsp3) is 0.412. The minimum absolute atomic E-state index is 0.0135. The Bertz CT molecular complexity index is 898. The van der Waals surface area contributed by atoms with E-state index in [9.17, 15) is 26.7 Å². The maximum Gasteiger partial charge on any atom is 0.434 e. The Labute approximate surface area is 165 Å². The van der Waals surface area contributed by atoms with E-state index in [0.29, 0.717) is 0 Å². The summed E-state index contributed by atoms with van der Waals surface area (Å²) in [4.78, 5) is 17.3. The molecule has 0 fully saturated rings. The van der Waals surface area contributed by atoms with Crippen LogP contribution in [-0.2, 0) is 30.5 Å². The fourth-order valence-corrected chi connectivity index (χ4v) is 3.35. The summed E-state index contributed by atoms with van der Waals surface area (Å²) in [6.07, 6.45) is -3.83. The summed E-state index contributed by atoms with van der Waals surface area (Å²) in [5, 5.41) is 0. The molecule has 2 N–H and O–H groups in total. The van der Waals surface area contributed by atoms with Crippen molar-refractivity contribution in [1.82, 2.24) is 14.5 Å². The number of nitrogens with two attached hydrogens (primary N) is 1. The largest absolute Gasteiger partial charge is 0.434 e. The van der Waals surface area contributed by atoms with Crippen LogP contribution >= 0.6 is 15.9 Å². The lowest BCUT2D eigenvalue weighted by Crippen LogP contribution is -2.41. The monoisotopic (exact) mass is 466 g/mol. The predicted octanol–water partition coefficient (Wildman–Crippen LogP) is 3.24. The Hall–Kier alpha value is -2.01. The van der Waals surface area contributed by atoms with Crippen LogP contribution in [0.5, 0.6) is 0 Å². The second-order valence-corrected chi connectivity index (χ2v) is 7.43. The number of carbonyl (C=O) groups is 1. The molecule has 0 aliphatic carbocycles. The van der Waals surface area contributed by atoms with Crippen LogP contribution in [0.2, 0.25) is 0 Å². The van der Waals surface area contributed by atoms with E-state index in [-0.39, 0.29) is 54.2 Å². The molecule has 1 amide bonds. The number of imidazole rings is 1. The zero-order chi connectivity index (χ0) is 20.6. The molecule has 28 heavy (non-hydrogen) atoms. The quantitative estimate of drug-likeness (QED) is 0.555. The first-order valence-corrected chi connectivity index (χ1v) is 9.14. The van der Waals surface area contributed by atoms with Gasteiger partial charge >= 0.3 is 6.18 Å². The van der Waals surface area contributed by atoms with Crippen LogP contribution in [0.15, 0.2) is 22.8 Å². The van der Waals surface area contributed by atoms with Crippen LogP contribution in [0.1, 0.15) is 23.5 Å². The number of hydrogen-bond acceptors (Lipinski definition) is 3. The number of halogens is 6. The van der Waals surface area contributed by atoms with E-state index in [1.165, 1.54) is 9.47 Å². The van der Waals surface area contributed by atoms with Crippen molar-refractivity contribution < 1.29 is 26.7 Å². The van der Waals surface area contributed by atoms with Gasteiger partial charge in [0, 0.05) is 31.7 Å². The summed E-state index contributed by atoms with van der Waals surface area (Å²) in [6, 6.07) is 1.23. The Kier molecular flexibility index (Phi) is 5.76. The van der Waals surface area contributed by atoms with Gasteiger partial charge in [0.25, 0.3) is 0 Å². The number of amides is 1. The predicted molar refractivity (Wildman–Crippen MR) is 93.0 cm³/mol. The molecule has 5 nitrogen and oxygen atoms in total. The first kappa shape index (κ1) is 20.7. The van der Waals surface area contributed by atoms with Crippen LogP contribution in [-0.4, -0.2) is 32.9 Å². The lowest BCUT2D eigenvalue weighted by atomic mass is 10.0. The minimum Gasteiger partial charge on any atom is -0.333 e. The van der Waals surface area contributed by atoms with Crippen LogP contribution in [0.4, 0.5) is 22.0 Å². The second-order valence-electron chi connectivity index (χ2n) is 6.57. The van der Waals surface area contributed by atoms with Crippen LogP contribution in [0.3, 0.4) is 0 Å². The van der Waals surface area contributed by atoms with Crippen molar-refractivity contribution in [3.05, 3.63) is 51.5 Å². The zero-order valence-electron chi connectivity index (χ0n) is 14.4. The van der Waals surface area contributed by atoms with E-state index in [1.54, 1.807) is 0 Å². The first-order chi connectivity index (χ1) is 13.0. The highest BCUT2D eigenvalue weighted by atomic mass is 79.9. The van der Waals surface area contributed by atoms with E-state index in [2.05, 4.69) is 20.9 Å². The van der Waals surface area contributed by atoms with Crippen molar-refractivity contribution in [1.29, 1.82) is 0 Å². The minimum atomic E-state index is -4.55. The summed E-state index contributed by atoms with van der Waals surface area (Å²) in [5.74, 6) is -1.52. The summed E-state index contributed by atoms with van der Waals surface area (Å²) in [7, 11) is 0. The van der Waals surface area contributed by atoms with Crippen molar-refractivity contribution in [3.63, 3.8) is 0 Å². The van der Waals surface area contributed by atoms with E-state index in [4.69, 9.17) is 5.73 Å². The molecule has 0 saturated heterocycles. The van der Waals surface area contributed by atoms with Crippen molar-refractivity contribution in [2.75, 3.05) is 6.54 Å². The van der Waals surface area contributed by atoms with Gasteiger partial charge in [0.2, 0.25) is 5.91 Å². The van der Waals surface area contributed by atoms with E-state index in [1.807, 2.05) is 0 Å². The van der Waals surface area contributed by atoms with E-state index < -0.39 is 29.5 Å². The number of hydrogen-bond donors (Lipinski definition) is 1. The van der Waals surface area contributed by atoms with Gasteiger partial charge in [-0.1, -0.05) is 0 Å². The molecule has 2 aromatic rings. The Balaban J connectivity index is 1.62. The van der Waals surface area contributed by atoms with Crippen molar-refractivity contribution in [2.45, 2.75) is 38.1 Å². The van der Waals surface area contributed by atoms with Gasteiger partial charge in [0.1, 0.15) is 17.5 Å². The summed E-state index contributed by atoms with van der Waals surface area (Å²) in [5.41, 5.74) is 4.96. The number of carbonyl (C=O) groups excluding carboxylic acids is 1. The maximum atomic E-state index is 13.9. The third kappa shape index (κ3) is 4.52. The highest BCUT2D eigenvalue weighted by molar-refractivity contribution is 9.10. The molecule has 1 atom stereocenters. The van der Waals surface area contributed by atoms with Gasteiger partial charge in [-0.25, -0.2) is 13.8 Å². The third-order valence-electron chi connectivity index (χ3n) is 4.45. The third-order valence-corrected chi connectivity index (χ3v) is 5.06. The molecule has 1 aliphatic heterocycles. The molecule has 1 aliphatic rings. The second kappa shape index (κ2) is 7.78. The number of rotatable bonds is 4. The van der Waals surface area contributed by atoms with E-state index in [0.717, 1.165) is 18.3 Å². The lowest BCUT2D eigenvalue weighted by molar-refractivity contribution is -0.141. The van der Waals surface area contributed by atoms with Gasteiger partial charge in [-0.3, -0.25) is 4.79 Å². The Morgan fingerprint density at radius 3 is 2.64 bits per heavy atom. The summed E-state index contributed by atoms with van der Waals surface area (Å²) < 4.78 is 67.1. The van der Waals surface area contributed by atoms with Crippen molar-refractivity contribution in [3.8, 4) is 0 Å². The van der Waals surface area contributed by atoms with Crippen molar-refractivity contribution in [2.24, 2.45) is 5.73 Å². The molecule has 11 heteroatoms. The van der Waals surface area contributed by atoms with Crippen molar-refractivity contribution >= 4 is 21.8 Å². The molecule has 2 heterocycles. The SMILES string of the molecule is NC(CC(=O)N1CCn2cc(C(F)(F)F)nc2C1)Cc1cc(F)c(Br)cc1F. The number of fused-ring (bicyclic) bond motifs is 1. The van der Waals surface area contributed by atoms with Gasteiger partial charge in [-0.05, 0) is 40.0 Å². The van der Waals surface area contributed by atoms with Gasteiger partial charge < -0.3 is 15.2 Å². The van der Waals surface area contributed by atoms with Crippen LogP contribution < -0.4 is 5.73 Å². The molecule has 1 aromatic carbocycles. The number of alkyl halides is 3. The van der Waals surface area contributed by atoms with Gasteiger partial charge in [-0.2, -0.15) is 13.2 Å². The molecule has 1 aromatic heterocycles. The highest BCUT2D eigenvalue weighted by Crippen LogP contribution is 2.29. The first-order valence-electron chi connectivity index (χ1n) is 8.34. The molecule has 0 bridgehead atoms. The molecular formula is C17H16BrF5N4O. The van der Waals surface area contributed by atoms with Gasteiger partial charge in [0.05, 0.1) is 11.0 Å².